The third-order valence-electron chi connectivity index (χ3n) is 13.8. The van der Waals surface area contributed by atoms with Gasteiger partial charge in [0, 0.05) is 50.2 Å². The highest BCUT2D eigenvalue weighted by Gasteiger charge is 2.48. The number of fused-ring (bicyclic) bond motifs is 6. The van der Waals surface area contributed by atoms with Crippen LogP contribution in [0.15, 0.2) is 221 Å². The van der Waals surface area contributed by atoms with Gasteiger partial charge in [0.1, 0.15) is 23.0 Å². The van der Waals surface area contributed by atoms with Crippen LogP contribution in [0.3, 0.4) is 0 Å². The van der Waals surface area contributed by atoms with Crippen molar-refractivity contribution in [3.8, 4) is 78.5 Å². The first-order valence-electron chi connectivity index (χ1n) is 22.6. The van der Waals surface area contributed by atoms with E-state index in [0.717, 1.165) is 84.6 Å². The first-order valence-corrected chi connectivity index (χ1v) is 22.6. The minimum atomic E-state index is -0.513. The topological polar surface area (TPSA) is 29.5 Å². The quantitative estimate of drug-likeness (QED) is 0.153. The summed E-state index contributed by atoms with van der Waals surface area (Å²) in [5.74, 6) is 3.51. The largest absolute Gasteiger partial charge is 0.459 e. The van der Waals surface area contributed by atoms with Gasteiger partial charge in [-0.3, -0.25) is 0 Å². The van der Waals surface area contributed by atoms with Crippen LogP contribution in [0.5, 0.6) is 0 Å². The van der Waals surface area contributed by atoms with Crippen LogP contribution >= 0.6 is 0 Å². The average molecular weight is 838 g/mol. The third-order valence-corrected chi connectivity index (χ3v) is 13.8. The van der Waals surface area contributed by atoms with Gasteiger partial charge in [-0.15, -0.1) is 0 Å². The van der Waals surface area contributed by atoms with Crippen LogP contribution in [0.1, 0.15) is 50.1 Å². The Labute approximate surface area is 380 Å². The summed E-state index contributed by atoms with van der Waals surface area (Å²) in [6, 6.07) is 76.1. The normalized spacial score (nSPS) is 13.8. The molecule has 0 bridgehead atoms. The molecule has 0 radical (unpaired) electrons. The number of furan rings is 2. The average Bonchev–Trinajstić information content (AvgIpc) is 4.07. The molecule has 3 heteroatoms. The molecule has 0 aliphatic heterocycles. The van der Waals surface area contributed by atoms with Crippen molar-refractivity contribution in [2.75, 3.05) is 4.90 Å². The van der Waals surface area contributed by atoms with E-state index in [1.807, 2.05) is 6.07 Å². The number of rotatable bonds is 8. The van der Waals surface area contributed by atoms with E-state index in [1.54, 1.807) is 0 Å². The fourth-order valence-electron chi connectivity index (χ4n) is 10.7. The van der Waals surface area contributed by atoms with E-state index in [4.69, 9.17) is 8.83 Å². The first-order chi connectivity index (χ1) is 31.8. The molecule has 0 fully saturated rings. The van der Waals surface area contributed by atoms with Crippen LogP contribution in [-0.2, 0) is 10.8 Å². The highest BCUT2D eigenvalue weighted by molar-refractivity contribution is 6.01. The molecular weight excluding hydrogens is 791 g/mol. The van der Waals surface area contributed by atoms with Crippen molar-refractivity contribution in [2.45, 2.75) is 38.5 Å². The Kier molecular flexibility index (Phi) is 8.86. The van der Waals surface area contributed by atoms with E-state index >= 15 is 0 Å². The molecule has 0 saturated carbocycles. The van der Waals surface area contributed by atoms with Gasteiger partial charge in [0.15, 0.2) is 0 Å². The van der Waals surface area contributed by atoms with Crippen LogP contribution in [-0.4, -0.2) is 0 Å². The van der Waals surface area contributed by atoms with Crippen LogP contribution < -0.4 is 4.90 Å². The monoisotopic (exact) mass is 837 g/mol. The van der Waals surface area contributed by atoms with E-state index in [-0.39, 0.29) is 5.41 Å². The minimum absolute atomic E-state index is 0.145. The fraction of sp³-hybridized carbons (Fsp3) is 0.0968. The van der Waals surface area contributed by atoms with Crippen LogP contribution in [0.4, 0.5) is 17.1 Å². The molecule has 2 aliphatic carbocycles. The predicted molar refractivity (Wildman–Crippen MR) is 268 cm³/mol. The van der Waals surface area contributed by atoms with Crippen molar-refractivity contribution >= 4 is 17.1 Å². The number of anilines is 3. The van der Waals surface area contributed by atoms with Gasteiger partial charge in [-0.1, -0.05) is 196 Å². The molecule has 312 valence electrons. The molecule has 0 atom stereocenters. The molecule has 0 spiro atoms. The van der Waals surface area contributed by atoms with Crippen molar-refractivity contribution in [2.24, 2.45) is 0 Å². The maximum Gasteiger partial charge on any atom is 0.143 e. The Hall–Kier alpha value is -7.88. The molecular formula is C62H47NO2. The Bertz CT molecular complexity index is 3390. The number of hydrogen-bond acceptors (Lipinski definition) is 3. The van der Waals surface area contributed by atoms with Gasteiger partial charge in [0.2, 0.25) is 0 Å². The number of hydrogen-bond donors (Lipinski definition) is 0. The van der Waals surface area contributed by atoms with Crippen molar-refractivity contribution < 1.29 is 8.83 Å². The zero-order chi connectivity index (χ0) is 43.9. The zero-order valence-electron chi connectivity index (χ0n) is 37.0. The molecule has 0 N–H and O–H groups in total. The van der Waals surface area contributed by atoms with Gasteiger partial charge >= 0.3 is 0 Å². The first kappa shape index (κ1) is 38.8. The van der Waals surface area contributed by atoms with E-state index in [9.17, 15) is 0 Å². The van der Waals surface area contributed by atoms with Gasteiger partial charge in [-0.2, -0.15) is 0 Å². The predicted octanol–water partition coefficient (Wildman–Crippen LogP) is 17.3. The summed E-state index contributed by atoms with van der Waals surface area (Å²) in [6.45, 7) is 9.26. The third kappa shape index (κ3) is 6.03. The van der Waals surface area contributed by atoms with E-state index in [2.05, 4.69) is 239 Å². The highest BCUT2D eigenvalue weighted by Crippen LogP contribution is 2.62. The lowest BCUT2D eigenvalue weighted by molar-refractivity contribution is 0.449. The lowest BCUT2D eigenvalue weighted by Gasteiger charge is -2.30. The summed E-state index contributed by atoms with van der Waals surface area (Å²) >= 11 is 0. The van der Waals surface area contributed by atoms with Crippen molar-refractivity contribution in [3.05, 3.63) is 235 Å². The van der Waals surface area contributed by atoms with Crippen LogP contribution in [0.2, 0.25) is 0 Å². The second-order valence-corrected chi connectivity index (χ2v) is 18.4. The van der Waals surface area contributed by atoms with E-state index < -0.39 is 5.41 Å². The second-order valence-electron chi connectivity index (χ2n) is 18.4. The van der Waals surface area contributed by atoms with Crippen molar-refractivity contribution in [1.82, 2.24) is 0 Å². The molecule has 0 unspecified atom stereocenters. The summed E-state index contributed by atoms with van der Waals surface area (Å²) < 4.78 is 14.4. The number of nitrogens with zero attached hydrogens (tertiary/aromatic N) is 1. The maximum atomic E-state index is 7.27. The smallest absolute Gasteiger partial charge is 0.143 e. The van der Waals surface area contributed by atoms with Crippen LogP contribution in [0.25, 0.3) is 78.5 Å². The standard InChI is InChI=1S/C62H47NO2/c1-61(2)50-31-19-17-30-48(50)49-38-37-46(39-51(49)61)63(52-32-20-18-29-47(52)40-21-9-5-10-22-40)45-35-33-42(34-36-45)54-56-59(64-58(54)44-27-15-8-16-28-44)55-53(41-23-11-6-12-24-41)57(43-25-13-7-14-26-43)65-60(55)62(56,3)4/h5-39H,1-4H3. The lowest BCUT2D eigenvalue weighted by Crippen LogP contribution is -2.17. The Balaban J connectivity index is 1.05. The van der Waals surface area contributed by atoms with Gasteiger partial charge in [-0.05, 0) is 83.1 Å². The molecule has 3 nitrogen and oxygen atoms in total. The summed E-state index contributed by atoms with van der Waals surface area (Å²) in [5.41, 5.74) is 18.9. The summed E-state index contributed by atoms with van der Waals surface area (Å²) in [4.78, 5) is 2.43. The molecule has 2 aromatic heterocycles. The summed E-state index contributed by atoms with van der Waals surface area (Å²) in [6.07, 6.45) is 0. The van der Waals surface area contributed by atoms with Crippen molar-refractivity contribution in [1.29, 1.82) is 0 Å². The maximum absolute atomic E-state index is 7.27. The molecule has 10 aromatic rings. The lowest BCUT2D eigenvalue weighted by atomic mass is 9.82. The molecule has 2 heterocycles. The molecule has 12 rings (SSSR count). The highest BCUT2D eigenvalue weighted by atomic mass is 16.4. The van der Waals surface area contributed by atoms with Gasteiger partial charge < -0.3 is 13.7 Å². The van der Waals surface area contributed by atoms with Gasteiger partial charge in [-0.25, -0.2) is 0 Å². The SMILES string of the molecule is CC1(C)c2ccccc2-c2ccc(N(c3ccc(-c4c(-c5ccccc5)oc5c4C(C)(C)c4oc(-c6ccccc6)c(-c6ccccc6)c4-5)cc3)c3ccccc3-c3ccccc3)cc21. The Morgan fingerprint density at radius 1 is 0.338 bits per heavy atom. The molecule has 0 amide bonds. The molecule has 8 aromatic carbocycles. The molecule has 2 aliphatic rings. The summed E-state index contributed by atoms with van der Waals surface area (Å²) in [7, 11) is 0. The molecule has 0 saturated heterocycles. The van der Waals surface area contributed by atoms with E-state index in [1.165, 1.54) is 33.4 Å². The Morgan fingerprint density at radius 2 is 0.831 bits per heavy atom. The van der Waals surface area contributed by atoms with Crippen LogP contribution in [0, 0.1) is 0 Å². The van der Waals surface area contributed by atoms with Gasteiger partial charge in [0.05, 0.1) is 16.7 Å². The fourth-order valence-corrected chi connectivity index (χ4v) is 10.7. The number of benzene rings is 8. The number of para-hydroxylation sites is 1. The zero-order valence-corrected chi connectivity index (χ0v) is 37.0. The van der Waals surface area contributed by atoms with Crippen molar-refractivity contribution in [3.63, 3.8) is 0 Å². The minimum Gasteiger partial charge on any atom is -0.459 e. The summed E-state index contributed by atoms with van der Waals surface area (Å²) in [5, 5.41) is 0. The van der Waals surface area contributed by atoms with Gasteiger partial charge in [0.25, 0.3) is 0 Å². The second kappa shape index (κ2) is 14.9. The Morgan fingerprint density at radius 3 is 1.48 bits per heavy atom. The molecule has 65 heavy (non-hydrogen) atoms. The van der Waals surface area contributed by atoms with E-state index in [0.29, 0.717) is 0 Å².